The van der Waals surface area contributed by atoms with E-state index in [2.05, 4.69) is 32.2 Å². The second-order valence-corrected chi connectivity index (χ2v) is 6.55. The molecule has 0 amide bonds. The van der Waals surface area contributed by atoms with Crippen LogP contribution in [0.3, 0.4) is 0 Å². The Hall–Kier alpha value is -2.73. The van der Waals surface area contributed by atoms with E-state index < -0.39 is 0 Å². The van der Waals surface area contributed by atoms with E-state index in [1.807, 2.05) is 24.3 Å². The summed E-state index contributed by atoms with van der Waals surface area (Å²) in [6.45, 7) is 2.92. The number of hydrogen-bond donors (Lipinski definition) is 0. The van der Waals surface area contributed by atoms with Gasteiger partial charge in [0.1, 0.15) is 5.75 Å². The van der Waals surface area contributed by atoms with Crippen LogP contribution < -0.4 is 4.74 Å². The molecule has 0 radical (unpaired) electrons. The number of aromatic nitrogens is 3. The molecule has 0 spiro atoms. The van der Waals surface area contributed by atoms with E-state index in [0.29, 0.717) is 11.8 Å². The highest BCUT2D eigenvalue weighted by Gasteiger charge is 2.25. The molecule has 1 aromatic carbocycles. The third-order valence-corrected chi connectivity index (χ3v) is 4.87. The molecule has 6 nitrogen and oxygen atoms in total. The zero-order valence-corrected chi connectivity index (χ0v) is 14.8. The molecule has 1 saturated heterocycles. The molecule has 0 unspecified atom stereocenters. The van der Waals surface area contributed by atoms with Crippen LogP contribution in [0.25, 0.3) is 11.5 Å². The van der Waals surface area contributed by atoms with Gasteiger partial charge in [0.25, 0.3) is 0 Å². The van der Waals surface area contributed by atoms with Gasteiger partial charge in [-0.15, -0.1) is 10.2 Å². The standard InChI is InChI=1S/C20H22N4O2/c1-25-18-7-3-2-5-17(18)14-24-11-8-15(9-12-24)19-22-23-20(26-19)16-6-4-10-21-13-16/h2-7,10,13,15H,8-9,11-12,14H2,1H3. The zero-order valence-electron chi connectivity index (χ0n) is 14.8. The number of piperidine rings is 1. The van der Waals surface area contributed by atoms with Crippen molar-refractivity contribution in [3.05, 3.63) is 60.2 Å². The van der Waals surface area contributed by atoms with Crippen molar-refractivity contribution in [3.8, 4) is 17.2 Å². The smallest absolute Gasteiger partial charge is 0.249 e. The second kappa shape index (κ2) is 7.66. The number of hydrogen-bond acceptors (Lipinski definition) is 6. The number of benzene rings is 1. The maximum absolute atomic E-state index is 5.90. The van der Waals surface area contributed by atoms with Gasteiger partial charge in [-0.1, -0.05) is 18.2 Å². The quantitative estimate of drug-likeness (QED) is 0.701. The van der Waals surface area contributed by atoms with E-state index in [4.69, 9.17) is 9.15 Å². The largest absolute Gasteiger partial charge is 0.496 e. The van der Waals surface area contributed by atoms with E-state index in [1.54, 1.807) is 19.5 Å². The summed E-state index contributed by atoms with van der Waals surface area (Å²) in [6, 6.07) is 12.0. The van der Waals surface area contributed by atoms with Gasteiger partial charge >= 0.3 is 0 Å². The Labute approximate surface area is 152 Å². The normalized spacial score (nSPS) is 15.9. The fourth-order valence-electron chi connectivity index (χ4n) is 3.42. The average molecular weight is 350 g/mol. The van der Waals surface area contributed by atoms with Gasteiger partial charge in [-0.25, -0.2) is 0 Å². The van der Waals surface area contributed by atoms with Crippen LogP contribution in [0.4, 0.5) is 0 Å². The van der Waals surface area contributed by atoms with Crippen molar-refractivity contribution in [1.82, 2.24) is 20.1 Å². The van der Waals surface area contributed by atoms with Crippen LogP contribution in [0.15, 0.2) is 53.2 Å². The van der Waals surface area contributed by atoms with Crippen LogP contribution in [0.2, 0.25) is 0 Å². The highest BCUT2D eigenvalue weighted by Crippen LogP contribution is 2.30. The molecular weight excluding hydrogens is 328 g/mol. The lowest BCUT2D eigenvalue weighted by molar-refractivity contribution is 0.191. The summed E-state index contributed by atoms with van der Waals surface area (Å²) in [7, 11) is 1.72. The Morgan fingerprint density at radius 1 is 1.12 bits per heavy atom. The maximum atomic E-state index is 5.90. The van der Waals surface area contributed by atoms with Crippen molar-refractivity contribution in [1.29, 1.82) is 0 Å². The number of rotatable bonds is 5. The first-order valence-electron chi connectivity index (χ1n) is 8.91. The number of pyridine rings is 1. The van der Waals surface area contributed by atoms with Gasteiger partial charge in [0.2, 0.25) is 11.8 Å². The van der Waals surface area contributed by atoms with Crippen LogP contribution in [0.1, 0.15) is 30.2 Å². The van der Waals surface area contributed by atoms with E-state index in [0.717, 1.165) is 49.7 Å². The van der Waals surface area contributed by atoms with Gasteiger partial charge in [0, 0.05) is 30.4 Å². The molecular formula is C20H22N4O2. The highest BCUT2D eigenvalue weighted by molar-refractivity contribution is 5.50. The maximum Gasteiger partial charge on any atom is 0.249 e. The van der Waals surface area contributed by atoms with Crippen molar-refractivity contribution < 1.29 is 9.15 Å². The molecule has 1 aliphatic rings. The highest BCUT2D eigenvalue weighted by atomic mass is 16.5. The molecule has 1 fully saturated rings. The molecule has 2 aromatic heterocycles. The molecule has 134 valence electrons. The topological polar surface area (TPSA) is 64.3 Å². The lowest BCUT2D eigenvalue weighted by Crippen LogP contribution is -2.32. The monoisotopic (exact) mass is 350 g/mol. The lowest BCUT2D eigenvalue weighted by atomic mass is 9.96. The molecule has 0 bridgehead atoms. The summed E-state index contributed by atoms with van der Waals surface area (Å²) in [6.07, 6.45) is 5.51. The minimum Gasteiger partial charge on any atom is -0.496 e. The van der Waals surface area contributed by atoms with Crippen LogP contribution >= 0.6 is 0 Å². The van der Waals surface area contributed by atoms with E-state index in [1.165, 1.54) is 5.56 Å². The van der Waals surface area contributed by atoms with Crippen LogP contribution in [0.5, 0.6) is 5.75 Å². The summed E-state index contributed by atoms with van der Waals surface area (Å²) >= 11 is 0. The Kier molecular flexibility index (Phi) is 4.93. The van der Waals surface area contributed by atoms with Gasteiger partial charge in [0.15, 0.2) is 0 Å². The summed E-state index contributed by atoms with van der Waals surface area (Å²) in [5, 5.41) is 8.45. The molecule has 0 saturated carbocycles. The summed E-state index contributed by atoms with van der Waals surface area (Å²) < 4.78 is 11.4. The molecule has 26 heavy (non-hydrogen) atoms. The molecule has 3 aromatic rings. The van der Waals surface area contributed by atoms with Crippen LogP contribution in [0, 0.1) is 0 Å². The number of nitrogens with zero attached hydrogens (tertiary/aromatic N) is 4. The van der Waals surface area contributed by atoms with Crippen molar-refractivity contribution in [2.45, 2.75) is 25.3 Å². The van der Waals surface area contributed by atoms with Gasteiger partial charge in [0.05, 0.1) is 12.7 Å². The molecule has 1 aliphatic heterocycles. The Morgan fingerprint density at radius 2 is 1.96 bits per heavy atom. The minimum atomic E-state index is 0.321. The number of likely N-dealkylation sites (tertiary alicyclic amines) is 1. The molecule has 6 heteroatoms. The van der Waals surface area contributed by atoms with Gasteiger partial charge in [-0.05, 0) is 44.1 Å². The number of para-hydroxylation sites is 1. The lowest BCUT2D eigenvalue weighted by Gasteiger charge is -2.30. The second-order valence-electron chi connectivity index (χ2n) is 6.55. The van der Waals surface area contributed by atoms with Gasteiger partial charge in [-0.2, -0.15) is 0 Å². The first-order chi connectivity index (χ1) is 12.8. The predicted octanol–water partition coefficient (Wildman–Crippen LogP) is 3.52. The van der Waals surface area contributed by atoms with E-state index in [-0.39, 0.29) is 0 Å². The predicted molar refractivity (Wildman–Crippen MR) is 97.8 cm³/mol. The molecule has 0 aliphatic carbocycles. The van der Waals surface area contributed by atoms with E-state index >= 15 is 0 Å². The van der Waals surface area contributed by atoms with Crippen LogP contribution in [-0.2, 0) is 6.54 Å². The van der Waals surface area contributed by atoms with Gasteiger partial charge in [-0.3, -0.25) is 9.88 Å². The first kappa shape index (κ1) is 16.7. The summed E-state index contributed by atoms with van der Waals surface area (Å²) in [5.41, 5.74) is 2.09. The molecule has 0 atom stereocenters. The number of ether oxygens (including phenoxy) is 1. The van der Waals surface area contributed by atoms with E-state index in [9.17, 15) is 0 Å². The molecule has 0 N–H and O–H groups in total. The fourth-order valence-corrected chi connectivity index (χ4v) is 3.42. The Morgan fingerprint density at radius 3 is 2.73 bits per heavy atom. The number of methoxy groups -OCH3 is 1. The minimum absolute atomic E-state index is 0.321. The van der Waals surface area contributed by atoms with Crippen molar-refractivity contribution in [2.75, 3.05) is 20.2 Å². The Balaban J connectivity index is 1.37. The first-order valence-corrected chi connectivity index (χ1v) is 8.91. The van der Waals surface area contributed by atoms with Crippen LogP contribution in [-0.4, -0.2) is 40.3 Å². The van der Waals surface area contributed by atoms with Crippen molar-refractivity contribution >= 4 is 0 Å². The summed E-state index contributed by atoms with van der Waals surface area (Å²) in [4.78, 5) is 6.55. The van der Waals surface area contributed by atoms with Crippen molar-refractivity contribution in [2.24, 2.45) is 0 Å². The third kappa shape index (κ3) is 3.60. The average Bonchev–Trinajstić information content (AvgIpc) is 3.20. The van der Waals surface area contributed by atoms with Crippen molar-refractivity contribution in [3.63, 3.8) is 0 Å². The molecule has 4 rings (SSSR count). The molecule has 3 heterocycles. The van der Waals surface area contributed by atoms with Gasteiger partial charge < -0.3 is 9.15 Å². The Bertz CT molecular complexity index is 842. The SMILES string of the molecule is COc1ccccc1CN1CCC(c2nnc(-c3cccnc3)o2)CC1. The summed E-state index contributed by atoms with van der Waals surface area (Å²) in [5.74, 6) is 2.56. The zero-order chi connectivity index (χ0) is 17.8. The third-order valence-electron chi connectivity index (χ3n) is 4.87. The fraction of sp³-hybridized carbons (Fsp3) is 0.350.